The quantitative estimate of drug-likeness (QED) is 0.747. The largest absolute Gasteiger partial charge is 0.358 e. The number of H-pyrrole nitrogens is 2. The number of carbonyl (C=O) groups is 1. The zero-order valence-electron chi connectivity index (χ0n) is 15.7. The van der Waals surface area contributed by atoms with Crippen molar-refractivity contribution >= 4 is 16.8 Å². The molecule has 2 aromatic heterocycles. The van der Waals surface area contributed by atoms with Gasteiger partial charge in [-0.3, -0.25) is 9.89 Å². The fourth-order valence-corrected chi connectivity index (χ4v) is 4.10. The van der Waals surface area contributed by atoms with Gasteiger partial charge in [0.15, 0.2) is 0 Å². The number of likely N-dealkylation sites (tertiary alicyclic amines) is 1. The van der Waals surface area contributed by atoms with Crippen molar-refractivity contribution in [2.24, 2.45) is 0 Å². The maximum atomic E-state index is 13.0. The third-order valence-corrected chi connectivity index (χ3v) is 5.88. The number of benzene rings is 1. The van der Waals surface area contributed by atoms with Gasteiger partial charge in [0.25, 0.3) is 5.91 Å². The van der Waals surface area contributed by atoms with E-state index < -0.39 is 0 Å². The molecule has 1 fully saturated rings. The minimum Gasteiger partial charge on any atom is -0.358 e. The number of rotatable bonds is 3. The van der Waals surface area contributed by atoms with Crippen LogP contribution >= 0.6 is 0 Å². The molecule has 0 atom stereocenters. The highest BCUT2D eigenvalue weighted by Gasteiger charge is 2.26. The zero-order chi connectivity index (χ0) is 18.3. The molecule has 3 heterocycles. The molecular formula is C21H26N4O. The molecule has 0 bridgehead atoms. The summed E-state index contributed by atoms with van der Waals surface area (Å²) in [6, 6.07) is 6.00. The van der Waals surface area contributed by atoms with Crippen molar-refractivity contribution in [1.82, 2.24) is 20.1 Å². The lowest BCUT2D eigenvalue weighted by molar-refractivity contribution is 0.0712. The van der Waals surface area contributed by atoms with Crippen molar-refractivity contribution in [2.75, 3.05) is 13.1 Å². The smallest absolute Gasteiger partial charge is 0.253 e. The highest BCUT2D eigenvalue weighted by Crippen LogP contribution is 2.30. The van der Waals surface area contributed by atoms with Gasteiger partial charge in [-0.05, 0) is 62.4 Å². The van der Waals surface area contributed by atoms with Crippen LogP contribution in [0.25, 0.3) is 10.9 Å². The van der Waals surface area contributed by atoms with Crippen LogP contribution in [0.15, 0.2) is 24.4 Å². The van der Waals surface area contributed by atoms with Gasteiger partial charge in [0, 0.05) is 46.9 Å². The highest BCUT2D eigenvalue weighted by atomic mass is 16.2. The fraction of sp³-hybridized carbons (Fsp3) is 0.429. The van der Waals surface area contributed by atoms with Crippen LogP contribution in [0.2, 0.25) is 0 Å². The van der Waals surface area contributed by atoms with Gasteiger partial charge in [0.2, 0.25) is 0 Å². The maximum Gasteiger partial charge on any atom is 0.253 e. The van der Waals surface area contributed by atoms with E-state index in [0.29, 0.717) is 5.92 Å². The van der Waals surface area contributed by atoms with Crippen molar-refractivity contribution in [2.45, 2.75) is 46.0 Å². The molecule has 1 aliphatic rings. The Morgan fingerprint density at radius 1 is 1.27 bits per heavy atom. The first kappa shape index (κ1) is 16.9. The number of aromatic nitrogens is 3. The van der Waals surface area contributed by atoms with Crippen LogP contribution in [-0.2, 0) is 6.42 Å². The highest BCUT2D eigenvalue weighted by molar-refractivity contribution is 5.99. The number of hydrogen-bond acceptors (Lipinski definition) is 2. The molecular weight excluding hydrogens is 324 g/mol. The standard InChI is InChI=1S/C21H26N4O/c1-4-15-12-22-24-20(15)16-7-9-25(10-8-16)21(26)17-5-6-19-18(11-17)13(2)14(3)23-19/h5-6,11-12,16,23H,4,7-10H2,1-3H3,(H,22,24). The van der Waals surface area contributed by atoms with Crippen LogP contribution in [0.1, 0.15) is 58.6 Å². The van der Waals surface area contributed by atoms with Gasteiger partial charge in [0.05, 0.1) is 6.20 Å². The minimum atomic E-state index is 0.143. The lowest BCUT2D eigenvalue weighted by atomic mass is 9.90. The average molecular weight is 350 g/mol. The van der Waals surface area contributed by atoms with Gasteiger partial charge in [-0.15, -0.1) is 0 Å². The summed E-state index contributed by atoms with van der Waals surface area (Å²) in [6.07, 6.45) is 4.92. The molecule has 4 rings (SSSR count). The Morgan fingerprint density at radius 3 is 2.77 bits per heavy atom. The topological polar surface area (TPSA) is 64.8 Å². The predicted octanol–water partition coefficient (Wildman–Crippen LogP) is 4.09. The second-order valence-electron chi connectivity index (χ2n) is 7.36. The van der Waals surface area contributed by atoms with Crippen LogP contribution in [-0.4, -0.2) is 39.1 Å². The van der Waals surface area contributed by atoms with Crippen molar-refractivity contribution < 1.29 is 4.79 Å². The van der Waals surface area contributed by atoms with Gasteiger partial charge in [-0.2, -0.15) is 5.10 Å². The third kappa shape index (κ3) is 2.81. The number of fused-ring (bicyclic) bond motifs is 1. The Morgan fingerprint density at radius 2 is 2.04 bits per heavy atom. The second kappa shape index (κ2) is 6.63. The number of aryl methyl sites for hydroxylation is 3. The van der Waals surface area contributed by atoms with E-state index in [1.807, 2.05) is 29.3 Å². The van der Waals surface area contributed by atoms with E-state index in [1.165, 1.54) is 16.8 Å². The molecule has 0 radical (unpaired) electrons. The van der Waals surface area contributed by atoms with E-state index in [1.54, 1.807) is 0 Å². The summed E-state index contributed by atoms with van der Waals surface area (Å²) in [5.74, 6) is 0.623. The van der Waals surface area contributed by atoms with E-state index in [9.17, 15) is 4.79 Å². The first-order valence-electron chi connectivity index (χ1n) is 9.48. The van der Waals surface area contributed by atoms with E-state index >= 15 is 0 Å². The fourth-order valence-electron chi connectivity index (χ4n) is 4.10. The second-order valence-corrected chi connectivity index (χ2v) is 7.36. The normalized spacial score (nSPS) is 15.7. The monoisotopic (exact) mass is 350 g/mol. The number of piperidine rings is 1. The molecule has 1 amide bonds. The van der Waals surface area contributed by atoms with Crippen molar-refractivity contribution in [3.63, 3.8) is 0 Å². The maximum absolute atomic E-state index is 13.0. The third-order valence-electron chi connectivity index (χ3n) is 5.88. The number of nitrogens with zero attached hydrogens (tertiary/aromatic N) is 2. The Balaban J connectivity index is 1.49. The SMILES string of the molecule is CCc1cn[nH]c1C1CCN(C(=O)c2ccc3[nH]c(C)c(C)c3c2)CC1. The number of nitrogens with one attached hydrogen (secondary N) is 2. The summed E-state index contributed by atoms with van der Waals surface area (Å²) < 4.78 is 0. The molecule has 26 heavy (non-hydrogen) atoms. The van der Waals surface area contributed by atoms with Crippen LogP contribution in [0.5, 0.6) is 0 Å². The van der Waals surface area contributed by atoms with Crippen LogP contribution in [0, 0.1) is 13.8 Å². The first-order chi connectivity index (χ1) is 12.6. The van der Waals surface area contributed by atoms with E-state index in [0.717, 1.165) is 54.5 Å². The van der Waals surface area contributed by atoms with E-state index in [4.69, 9.17) is 0 Å². The molecule has 0 spiro atoms. The van der Waals surface area contributed by atoms with Crippen molar-refractivity contribution in [3.05, 3.63) is 52.5 Å². The van der Waals surface area contributed by atoms with Gasteiger partial charge >= 0.3 is 0 Å². The number of carbonyl (C=O) groups excluding carboxylic acids is 1. The lowest BCUT2D eigenvalue weighted by Gasteiger charge is -2.32. The van der Waals surface area contributed by atoms with E-state index in [-0.39, 0.29) is 5.91 Å². The Labute approximate surface area is 153 Å². The molecule has 1 saturated heterocycles. The molecule has 1 aromatic carbocycles. The first-order valence-corrected chi connectivity index (χ1v) is 9.48. The minimum absolute atomic E-state index is 0.143. The summed E-state index contributed by atoms with van der Waals surface area (Å²) in [6.45, 7) is 7.93. The molecule has 2 N–H and O–H groups in total. The summed E-state index contributed by atoms with van der Waals surface area (Å²) in [4.78, 5) is 18.3. The molecule has 5 heteroatoms. The molecule has 3 aromatic rings. The summed E-state index contributed by atoms with van der Waals surface area (Å²) in [5.41, 5.74) is 6.84. The Hall–Kier alpha value is -2.56. The van der Waals surface area contributed by atoms with Crippen molar-refractivity contribution in [1.29, 1.82) is 0 Å². The molecule has 136 valence electrons. The summed E-state index contributed by atoms with van der Waals surface area (Å²) in [7, 11) is 0. The lowest BCUT2D eigenvalue weighted by Crippen LogP contribution is -2.38. The molecule has 0 saturated carbocycles. The van der Waals surface area contributed by atoms with Crippen LogP contribution in [0.3, 0.4) is 0 Å². The Kier molecular flexibility index (Phi) is 4.31. The van der Waals surface area contributed by atoms with Gasteiger partial charge in [0.1, 0.15) is 0 Å². The molecule has 1 aliphatic heterocycles. The average Bonchev–Trinajstić information content (AvgIpc) is 3.26. The number of hydrogen-bond donors (Lipinski definition) is 2. The van der Waals surface area contributed by atoms with Gasteiger partial charge < -0.3 is 9.88 Å². The summed E-state index contributed by atoms with van der Waals surface area (Å²) in [5, 5.41) is 8.52. The predicted molar refractivity (Wildman–Crippen MR) is 104 cm³/mol. The molecule has 0 unspecified atom stereocenters. The Bertz CT molecular complexity index is 944. The zero-order valence-corrected chi connectivity index (χ0v) is 15.7. The van der Waals surface area contributed by atoms with Gasteiger partial charge in [-0.1, -0.05) is 6.92 Å². The number of amides is 1. The molecule has 0 aliphatic carbocycles. The van der Waals surface area contributed by atoms with Crippen molar-refractivity contribution in [3.8, 4) is 0 Å². The van der Waals surface area contributed by atoms with E-state index in [2.05, 4.69) is 36.0 Å². The summed E-state index contributed by atoms with van der Waals surface area (Å²) >= 11 is 0. The van der Waals surface area contributed by atoms with Crippen LogP contribution < -0.4 is 0 Å². The van der Waals surface area contributed by atoms with Gasteiger partial charge in [-0.25, -0.2) is 0 Å². The number of aromatic amines is 2. The molecule has 5 nitrogen and oxygen atoms in total. The van der Waals surface area contributed by atoms with Crippen LogP contribution in [0.4, 0.5) is 0 Å².